The monoisotopic (exact) mass is 311 g/mol. The molecule has 0 aliphatic heterocycles. The number of methoxy groups -OCH3 is 1. The highest BCUT2D eigenvalue weighted by atomic mass is 32.2. The Balaban J connectivity index is 2.35. The number of aromatic amines is 1. The molecule has 3 N–H and O–H groups in total. The third kappa shape index (κ3) is 2.97. The van der Waals surface area contributed by atoms with Crippen molar-refractivity contribution in [1.82, 2.24) is 10.2 Å². The number of carbonyl (C=O) groups is 1. The maximum Gasteiger partial charge on any atom is 0.340 e. The average Bonchev–Trinajstić information content (AvgIpc) is 2.88. The molecule has 0 fully saturated rings. The smallest absolute Gasteiger partial charge is 0.340 e. The van der Waals surface area contributed by atoms with Crippen LogP contribution in [0, 0.1) is 6.92 Å². The molecule has 112 valence electrons. The highest BCUT2D eigenvalue weighted by molar-refractivity contribution is 7.92. The topological polar surface area (TPSA) is 121 Å². The van der Waals surface area contributed by atoms with Crippen LogP contribution in [-0.4, -0.2) is 36.8 Å². The molecule has 0 saturated carbocycles. The Labute approximate surface area is 120 Å². The van der Waals surface area contributed by atoms with Crippen LogP contribution in [0.4, 0.5) is 5.69 Å². The number of sulfonamides is 1. The summed E-state index contributed by atoms with van der Waals surface area (Å²) in [6.45, 7) is 1.76. The first-order chi connectivity index (χ1) is 9.85. The molecule has 0 unspecified atom stereocenters. The summed E-state index contributed by atoms with van der Waals surface area (Å²) in [5.41, 5.74) is 0.604. The fourth-order valence-corrected chi connectivity index (χ4v) is 2.92. The molecule has 2 aromatic rings. The van der Waals surface area contributed by atoms with Crippen LogP contribution in [0.1, 0.15) is 15.9 Å². The van der Waals surface area contributed by atoms with Gasteiger partial charge in [0.1, 0.15) is 11.3 Å². The minimum atomic E-state index is -4.07. The first-order valence-corrected chi connectivity index (χ1v) is 7.27. The van der Waals surface area contributed by atoms with Crippen molar-refractivity contribution in [3.05, 3.63) is 35.5 Å². The molecule has 0 spiro atoms. The average molecular weight is 311 g/mol. The van der Waals surface area contributed by atoms with Gasteiger partial charge in [-0.15, -0.1) is 0 Å². The molecule has 8 nitrogen and oxygen atoms in total. The van der Waals surface area contributed by atoms with Crippen molar-refractivity contribution in [1.29, 1.82) is 0 Å². The zero-order valence-electron chi connectivity index (χ0n) is 11.2. The molecule has 1 heterocycles. The van der Waals surface area contributed by atoms with Gasteiger partial charge in [0, 0.05) is 5.69 Å². The highest BCUT2D eigenvalue weighted by Crippen LogP contribution is 2.23. The highest BCUT2D eigenvalue weighted by Gasteiger charge is 2.25. The van der Waals surface area contributed by atoms with Crippen molar-refractivity contribution in [2.45, 2.75) is 11.9 Å². The van der Waals surface area contributed by atoms with Crippen molar-refractivity contribution < 1.29 is 23.1 Å². The van der Waals surface area contributed by atoms with Crippen molar-refractivity contribution in [2.24, 2.45) is 0 Å². The van der Waals surface area contributed by atoms with Crippen LogP contribution in [-0.2, 0) is 10.0 Å². The van der Waals surface area contributed by atoms with Crippen molar-refractivity contribution in [2.75, 3.05) is 11.8 Å². The number of benzene rings is 1. The molecule has 0 saturated heterocycles. The van der Waals surface area contributed by atoms with E-state index in [1.807, 2.05) is 0 Å². The Bertz CT molecular complexity index is 782. The number of anilines is 1. The second kappa shape index (κ2) is 5.44. The summed E-state index contributed by atoms with van der Waals surface area (Å²) in [5.74, 6) is -0.763. The number of ether oxygens (including phenoxy) is 1. The minimum Gasteiger partial charge on any atom is -0.496 e. The normalized spacial score (nSPS) is 11.1. The molecule has 1 aromatic heterocycles. The van der Waals surface area contributed by atoms with Crippen molar-refractivity contribution in [3.8, 4) is 5.75 Å². The van der Waals surface area contributed by atoms with Crippen LogP contribution in [0.2, 0.25) is 0 Å². The number of carboxylic acid groups (broad SMARTS) is 1. The van der Waals surface area contributed by atoms with Crippen LogP contribution in [0.5, 0.6) is 5.75 Å². The van der Waals surface area contributed by atoms with E-state index < -0.39 is 26.6 Å². The van der Waals surface area contributed by atoms with Gasteiger partial charge < -0.3 is 9.84 Å². The van der Waals surface area contributed by atoms with Crippen LogP contribution in [0.25, 0.3) is 0 Å². The van der Waals surface area contributed by atoms with E-state index in [-0.39, 0.29) is 0 Å². The summed E-state index contributed by atoms with van der Waals surface area (Å²) >= 11 is 0. The summed E-state index contributed by atoms with van der Waals surface area (Å²) in [4.78, 5) is 11.0. The fourth-order valence-electron chi connectivity index (χ4n) is 1.78. The van der Waals surface area contributed by atoms with E-state index in [9.17, 15) is 13.2 Å². The van der Waals surface area contributed by atoms with Gasteiger partial charge in [-0.3, -0.25) is 9.82 Å². The number of hydrogen-bond donors (Lipinski definition) is 3. The van der Waals surface area contributed by atoms with Crippen LogP contribution in [0.3, 0.4) is 0 Å². The number of nitrogens with one attached hydrogen (secondary N) is 2. The van der Waals surface area contributed by atoms with Crippen LogP contribution >= 0.6 is 0 Å². The first-order valence-electron chi connectivity index (χ1n) is 5.79. The number of hydrogen-bond acceptors (Lipinski definition) is 5. The zero-order chi connectivity index (χ0) is 15.6. The summed E-state index contributed by atoms with van der Waals surface area (Å²) < 4.78 is 31.7. The van der Waals surface area contributed by atoms with E-state index in [2.05, 4.69) is 14.9 Å². The van der Waals surface area contributed by atoms with E-state index >= 15 is 0 Å². The minimum absolute atomic E-state index is 0.291. The molecule has 2 rings (SSSR count). The zero-order valence-corrected chi connectivity index (χ0v) is 12.1. The van der Waals surface area contributed by atoms with Crippen LogP contribution in [0.15, 0.2) is 29.4 Å². The number of carboxylic acids is 1. The van der Waals surface area contributed by atoms with Gasteiger partial charge in [-0.05, 0) is 30.7 Å². The number of aromatic nitrogens is 2. The Morgan fingerprint density at radius 1 is 1.43 bits per heavy atom. The maximum atomic E-state index is 12.2. The summed E-state index contributed by atoms with van der Waals surface area (Å²) in [6, 6.07) is 4.70. The van der Waals surface area contributed by atoms with Gasteiger partial charge in [-0.1, -0.05) is 0 Å². The summed E-state index contributed by atoms with van der Waals surface area (Å²) in [5, 5.41) is 14.1. The van der Waals surface area contributed by atoms with Crippen molar-refractivity contribution in [3.63, 3.8) is 0 Å². The second-order valence-corrected chi connectivity index (χ2v) is 5.83. The first kappa shape index (κ1) is 14.9. The largest absolute Gasteiger partial charge is 0.496 e. The molecule has 1 aromatic carbocycles. The number of aryl methyl sites for hydroxylation is 1. The van der Waals surface area contributed by atoms with Gasteiger partial charge in [-0.25, -0.2) is 4.79 Å². The number of nitrogens with zero attached hydrogens (tertiary/aromatic N) is 1. The van der Waals surface area contributed by atoms with E-state index in [0.717, 1.165) is 11.8 Å². The Hall–Kier alpha value is -2.55. The SMILES string of the molecule is COc1ccc(NS(=O)(=O)c2[nH]ncc2C(=O)O)cc1C. The Morgan fingerprint density at radius 2 is 2.14 bits per heavy atom. The third-order valence-corrected chi connectivity index (χ3v) is 4.10. The number of aromatic carboxylic acids is 1. The molecular formula is C12H13N3O5S. The molecular weight excluding hydrogens is 298 g/mol. The predicted octanol–water partition coefficient (Wildman–Crippen LogP) is 1.23. The Kier molecular flexibility index (Phi) is 3.85. The van der Waals surface area contributed by atoms with E-state index in [1.165, 1.54) is 13.2 Å². The van der Waals surface area contributed by atoms with Gasteiger partial charge in [0.2, 0.25) is 0 Å². The standard InChI is InChI=1S/C12H13N3O5S/c1-7-5-8(3-4-10(7)20-2)15-21(18,19)11-9(12(16)17)6-13-14-11/h3-6,15H,1-2H3,(H,13,14)(H,16,17). The van der Waals surface area contributed by atoms with E-state index in [0.29, 0.717) is 11.4 Å². The fraction of sp³-hybridized carbons (Fsp3) is 0.167. The summed E-state index contributed by atoms with van der Waals surface area (Å²) in [7, 11) is -2.56. The quantitative estimate of drug-likeness (QED) is 0.763. The number of rotatable bonds is 5. The molecule has 0 aliphatic rings. The second-order valence-electron chi connectivity index (χ2n) is 4.21. The molecule has 0 atom stereocenters. The Morgan fingerprint density at radius 3 is 2.71 bits per heavy atom. The molecule has 0 aliphatic carbocycles. The number of H-pyrrole nitrogens is 1. The molecule has 0 radical (unpaired) electrons. The lowest BCUT2D eigenvalue weighted by molar-refractivity contribution is 0.0692. The predicted molar refractivity (Wildman–Crippen MR) is 74.1 cm³/mol. The van der Waals surface area contributed by atoms with Gasteiger partial charge in [0.05, 0.1) is 13.3 Å². The lowest BCUT2D eigenvalue weighted by Gasteiger charge is -2.10. The molecule has 21 heavy (non-hydrogen) atoms. The van der Waals surface area contributed by atoms with Gasteiger partial charge >= 0.3 is 5.97 Å². The van der Waals surface area contributed by atoms with E-state index in [1.54, 1.807) is 19.1 Å². The summed E-state index contributed by atoms with van der Waals surface area (Å²) in [6.07, 6.45) is 0.941. The van der Waals surface area contributed by atoms with Gasteiger partial charge in [-0.2, -0.15) is 13.5 Å². The van der Waals surface area contributed by atoms with Crippen LogP contribution < -0.4 is 9.46 Å². The lowest BCUT2D eigenvalue weighted by atomic mass is 10.2. The van der Waals surface area contributed by atoms with Gasteiger partial charge in [0.25, 0.3) is 10.0 Å². The molecule has 9 heteroatoms. The molecule has 0 bridgehead atoms. The van der Waals surface area contributed by atoms with Crippen molar-refractivity contribution >= 4 is 21.7 Å². The maximum absolute atomic E-state index is 12.2. The molecule has 0 amide bonds. The van der Waals surface area contributed by atoms with E-state index in [4.69, 9.17) is 9.84 Å². The van der Waals surface area contributed by atoms with Gasteiger partial charge in [0.15, 0.2) is 5.03 Å². The third-order valence-electron chi connectivity index (χ3n) is 2.75. The lowest BCUT2D eigenvalue weighted by Crippen LogP contribution is -2.16.